The van der Waals surface area contributed by atoms with E-state index in [1.807, 2.05) is 7.05 Å². The summed E-state index contributed by atoms with van der Waals surface area (Å²) in [5, 5.41) is 8.31. The van der Waals surface area contributed by atoms with Crippen molar-refractivity contribution in [3.63, 3.8) is 0 Å². The molecule has 0 aliphatic carbocycles. The molecule has 0 bridgehead atoms. The van der Waals surface area contributed by atoms with Crippen molar-refractivity contribution in [3.05, 3.63) is 23.8 Å². The summed E-state index contributed by atoms with van der Waals surface area (Å²) in [6.45, 7) is 2.30. The Hall–Kier alpha value is -1.35. The zero-order valence-electron chi connectivity index (χ0n) is 14.5. The molecular weight excluding hydrogens is 366 g/mol. The first kappa shape index (κ1) is 21.7. The monoisotopic (exact) mass is 391 g/mol. The molecule has 0 spiro atoms. The Morgan fingerprint density at radius 2 is 2.00 bits per heavy atom. The Morgan fingerprint density at radius 1 is 1.36 bits per heavy atom. The second-order valence-electron chi connectivity index (χ2n) is 6.03. The summed E-state index contributed by atoms with van der Waals surface area (Å²) in [6.07, 6.45) is 3.00. The maximum Gasteiger partial charge on any atom is 0.257 e. The van der Waals surface area contributed by atoms with Crippen LogP contribution in [-0.4, -0.2) is 53.0 Å². The van der Waals surface area contributed by atoms with Crippen molar-refractivity contribution < 1.29 is 17.9 Å². The number of hydrogen-bond acceptors (Lipinski definition) is 5. The van der Waals surface area contributed by atoms with E-state index in [1.165, 1.54) is 25.3 Å². The minimum absolute atomic E-state index is 0. The van der Waals surface area contributed by atoms with Crippen LogP contribution in [0.5, 0.6) is 5.75 Å². The molecule has 0 saturated carbocycles. The molecule has 1 heterocycles. The number of nitrogens with one attached hydrogen (secondary N) is 1. The van der Waals surface area contributed by atoms with Crippen LogP contribution in [0.1, 0.15) is 29.6 Å². The van der Waals surface area contributed by atoms with Gasteiger partial charge in [-0.3, -0.25) is 4.79 Å². The zero-order chi connectivity index (χ0) is 17.7. The van der Waals surface area contributed by atoms with Gasteiger partial charge in [-0.25, -0.2) is 13.6 Å². The van der Waals surface area contributed by atoms with Crippen LogP contribution in [0.3, 0.4) is 0 Å². The molecular formula is C16H26ClN3O4S. The Labute approximate surface area is 155 Å². The van der Waals surface area contributed by atoms with Crippen molar-refractivity contribution in [2.24, 2.45) is 11.1 Å². The van der Waals surface area contributed by atoms with E-state index in [0.717, 1.165) is 25.8 Å². The van der Waals surface area contributed by atoms with Crippen molar-refractivity contribution in [2.75, 3.05) is 33.8 Å². The fourth-order valence-corrected chi connectivity index (χ4v) is 3.51. The minimum Gasteiger partial charge on any atom is -0.496 e. The number of amides is 1. The minimum atomic E-state index is -3.87. The predicted octanol–water partition coefficient (Wildman–Crippen LogP) is 1.23. The van der Waals surface area contributed by atoms with Crippen molar-refractivity contribution in [2.45, 2.75) is 24.2 Å². The standard InChI is InChI=1S/C16H25N3O4S.ClH/c1-18-8-5-12-6-9-19(10-7-12)16(20)14-11-13(24(17,21)22)3-4-15(14)23-2;/h3-4,11-12,18H,5-10H2,1-2H3,(H2,17,21,22);1H. The Bertz CT molecular complexity index is 689. The second kappa shape index (κ2) is 9.38. The SMILES string of the molecule is CNCCC1CCN(C(=O)c2cc(S(N)(=O)=O)ccc2OC)CC1.Cl. The summed E-state index contributed by atoms with van der Waals surface area (Å²) in [5.41, 5.74) is 0.234. The fourth-order valence-electron chi connectivity index (χ4n) is 2.97. The van der Waals surface area contributed by atoms with Crippen LogP contribution in [0.25, 0.3) is 0 Å². The highest BCUT2D eigenvalue weighted by molar-refractivity contribution is 7.89. The van der Waals surface area contributed by atoms with E-state index in [4.69, 9.17) is 9.88 Å². The highest BCUT2D eigenvalue weighted by atomic mass is 35.5. The zero-order valence-corrected chi connectivity index (χ0v) is 16.2. The van der Waals surface area contributed by atoms with Crippen LogP contribution in [0.4, 0.5) is 0 Å². The Balaban J connectivity index is 0.00000312. The molecule has 0 atom stereocenters. The van der Waals surface area contributed by atoms with Gasteiger partial charge in [-0.1, -0.05) is 0 Å². The van der Waals surface area contributed by atoms with Gasteiger partial charge in [0, 0.05) is 13.1 Å². The van der Waals surface area contributed by atoms with Crippen LogP contribution in [-0.2, 0) is 10.0 Å². The van der Waals surface area contributed by atoms with E-state index >= 15 is 0 Å². The molecule has 25 heavy (non-hydrogen) atoms. The summed E-state index contributed by atoms with van der Waals surface area (Å²) < 4.78 is 28.3. The summed E-state index contributed by atoms with van der Waals surface area (Å²) in [5.74, 6) is 0.744. The second-order valence-corrected chi connectivity index (χ2v) is 7.60. The summed E-state index contributed by atoms with van der Waals surface area (Å²) >= 11 is 0. The van der Waals surface area contributed by atoms with Gasteiger partial charge in [0.2, 0.25) is 10.0 Å². The lowest BCUT2D eigenvalue weighted by molar-refractivity contribution is 0.0683. The number of piperidine rings is 1. The van der Waals surface area contributed by atoms with E-state index in [9.17, 15) is 13.2 Å². The van der Waals surface area contributed by atoms with Crippen LogP contribution in [0.2, 0.25) is 0 Å². The van der Waals surface area contributed by atoms with E-state index in [0.29, 0.717) is 24.8 Å². The number of carbonyl (C=O) groups excluding carboxylic acids is 1. The quantitative estimate of drug-likeness (QED) is 0.759. The molecule has 1 amide bonds. The summed E-state index contributed by atoms with van der Waals surface area (Å²) in [7, 11) is -0.482. The number of rotatable bonds is 6. The topological polar surface area (TPSA) is 102 Å². The molecule has 142 valence electrons. The molecule has 1 fully saturated rings. The summed E-state index contributed by atoms with van der Waals surface area (Å²) in [4.78, 5) is 14.4. The number of halogens is 1. The molecule has 0 unspecified atom stereocenters. The highest BCUT2D eigenvalue weighted by Gasteiger charge is 2.26. The molecule has 1 aromatic carbocycles. The average Bonchev–Trinajstić information content (AvgIpc) is 2.58. The molecule has 1 aliphatic heterocycles. The van der Waals surface area contributed by atoms with Gasteiger partial charge in [0.25, 0.3) is 5.91 Å². The molecule has 0 aromatic heterocycles. The van der Waals surface area contributed by atoms with Crippen LogP contribution in [0, 0.1) is 5.92 Å². The lowest BCUT2D eigenvalue weighted by Crippen LogP contribution is -2.39. The maximum atomic E-state index is 12.8. The van der Waals surface area contributed by atoms with Crippen LogP contribution in [0.15, 0.2) is 23.1 Å². The number of nitrogens with zero attached hydrogens (tertiary/aromatic N) is 1. The third-order valence-corrected chi connectivity index (χ3v) is 5.35. The van der Waals surface area contributed by atoms with Gasteiger partial charge >= 0.3 is 0 Å². The Kier molecular flexibility index (Phi) is 8.14. The molecule has 9 heteroatoms. The van der Waals surface area contributed by atoms with Crippen LogP contribution >= 0.6 is 12.4 Å². The van der Waals surface area contributed by atoms with E-state index < -0.39 is 10.0 Å². The molecule has 1 saturated heterocycles. The van der Waals surface area contributed by atoms with Crippen molar-refractivity contribution in [3.8, 4) is 5.75 Å². The van der Waals surface area contributed by atoms with Gasteiger partial charge in [0.1, 0.15) is 5.75 Å². The number of sulfonamides is 1. The van der Waals surface area contributed by atoms with Gasteiger partial charge in [-0.05, 0) is 57.0 Å². The maximum absolute atomic E-state index is 12.8. The number of hydrogen-bond donors (Lipinski definition) is 2. The number of methoxy groups -OCH3 is 1. The predicted molar refractivity (Wildman–Crippen MR) is 98.8 cm³/mol. The lowest BCUT2D eigenvalue weighted by Gasteiger charge is -2.32. The summed E-state index contributed by atoms with van der Waals surface area (Å²) in [6, 6.07) is 4.10. The highest BCUT2D eigenvalue weighted by Crippen LogP contribution is 2.26. The normalized spacial score (nSPS) is 15.6. The lowest BCUT2D eigenvalue weighted by atomic mass is 9.93. The van der Waals surface area contributed by atoms with E-state index in [-0.39, 0.29) is 28.8 Å². The number of nitrogens with two attached hydrogens (primary N) is 1. The van der Waals surface area contributed by atoms with Gasteiger partial charge in [0.15, 0.2) is 0 Å². The van der Waals surface area contributed by atoms with Gasteiger partial charge < -0.3 is 15.0 Å². The van der Waals surface area contributed by atoms with E-state index in [1.54, 1.807) is 4.90 Å². The largest absolute Gasteiger partial charge is 0.496 e. The third-order valence-electron chi connectivity index (χ3n) is 4.43. The van der Waals surface area contributed by atoms with Crippen molar-refractivity contribution in [1.82, 2.24) is 10.2 Å². The third kappa shape index (κ3) is 5.57. The molecule has 1 aliphatic rings. The number of carbonyl (C=O) groups is 1. The van der Waals surface area contributed by atoms with Crippen molar-refractivity contribution >= 4 is 28.3 Å². The van der Waals surface area contributed by atoms with Gasteiger partial charge in [-0.2, -0.15) is 0 Å². The van der Waals surface area contributed by atoms with E-state index in [2.05, 4.69) is 5.32 Å². The number of likely N-dealkylation sites (tertiary alicyclic amines) is 1. The molecule has 1 aromatic rings. The van der Waals surface area contributed by atoms with Gasteiger partial charge in [0.05, 0.1) is 17.6 Å². The average molecular weight is 392 g/mol. The number of primary sulfonamides is 1. The number of ether oxygens (including phenoxy) is 1. The first-order chi connectivity index (χ1) is 11.4. The fraction of sp³-hybridized carbons (Fsp3) is 0.562. The first-order valence-corrected chi connectivity index (χ1v) is 9.56. The molecule has 0 radical (unpaired) electrons. The van der Waals surface area contributed by atoms with Gasteiger partial charge in [-0.15, -0.1) is 12.4 Å². The first-order valence-electron chi connectivity index (χ1n) is 8.01. The van der Waals surface area contributed by atoms with Crippen LogP contribution < -0.4 is 15.2 Å². The Morgan fingerprint density at radius 3 is 2.52 bits per heavy atom. The molecule has 2 rings (SSSR count). The number of benzene rings is 1. The smallest absolute Gasteiger partial charge is 0.257 e. The molecule has 7 nitrogen and oxygen atoms in total. The van der Waals surface area contributed by atoms with Crippen molar-refractivity contribution in [1.29, 1.82) is 0 Å². The molecule has 3 N–H and O–H groups in total.